The number of carbonyl (C=O) groups is 8. The Hall–Kier alpha value is -7.18. The molecule has 7 rings (SSSR count). The summed E-state index contributed by atoms with van der Waals surface area (Å²) in [7, 11) is 5.83. The zero-order valence-corrected chi connectivity index (χ0v) is 58.1. The summed E-state index contributed by atoms with van der Waals surface area (Å²) in [6, 6.07) is 19.4. The van der Waals surface area contributed by atoms with Gasteiger partial charge in [-0.1, -0.05) is 108 Å². The van der Waals surface area contributed by atoms with Gasteiger partial charge in [-0.3, -0.25) is 19.2 Å². The van der Waals surface area contributed by atoms with E-state index in [2.05, 4.69) is 9.80 Å². The van der Waals surface area contributed by atoms with E-state index in [0.717, 1.165) is 42.6 Å². The van der Waals surface area contributed by atoms with Crippen molar-refractivity contribution >= 4 is 58.9 Å². The fourth-order valence-electron chi connectivity index (χ4n) is 11.7. The van der Waals surface area contributed by atoms with Gasteiger partial charge in [0, 0.05) is 71.5 Å². The highest BCUT2D eigenvalue weighted by Crippen LogP contribution is 2.37. The Kier molecular flexibility index (Phi) is 27.8. The SMILES string of the molecule is CC(C)C[C@@H](C(=O)O[C@H](C)C(=O)OCc1ccccc1)N(C)C(=O)[C@@H](Cc1ccc(N2CCOCC2)cc1)OC(=O)[C@H](CC1CC1)N(C)C(=O)[C@@H](C)OC(=O)[C@H](CC(C)C)N(C)C(=O)[C@@H](Cc1ccc(N2CCOCC2)cc1)OC(=O)[C@H](CC1CC1)N(C)C(O)OC(C)(C)C. The lowest BCUT2D eigenvalue weighted by molar-refractivity contribution is -0.244. The first-order chi connectivity index (χ1) is 45.1. The second-order valence-corrected chi connectivity index (χ2v) is 27.8. The Morgan fingerprint density at radius 3 is 1.29 bits per heavy atom. The molecule has 3 aromatic carbocycles. The molecule has 4 aliphatic rings. The Bertz CT molecular complexity index is 3000. The summed E-state index contributed by atoms with van der Waals surface area (Å²) in [5.41, 5.74) is 3.19. The first-order valence-corrected chi connectivity index (χ1v) is 33.8. The number of amides is 3. The summed E-state index contributed by atoms with van der Waals surface area (Å²) in [4.78, 5) is 126. The smallest absolute Gasteiger partial charge is 0.347 e. The van der Waals surface area contributed by atoms with E-state index < -0.39 is 108 Å². The van der Waals surface area contributed by atoms with Crippen LogP contribution in [0.4, 0.5) is 11.4 Å². The van der Waals surface area contributed by atoms with Crippen LogP contribution >= 0.6 is 0 Å². The van der Waals surface area contributed by atoms with Crippen molar-refractivity contribution in [1.29, 1.82) is 0 Å². The van der Waals surface area contributed by atoms with Crippen LogP contribution in [0.15, 0.2) is 78.9 Å². The van der Waals surface area contributed by atoms with Gasteiger partial charge in [-0.25, -0.2) is 24.1 Å². The van der Waals surface area contributed by atoms with Crippen LogP contribution in [0.25, 0.3) is 0 Å². The number of ether oxygens (including phenoxy) is 8. The van der Waals surface area contributed by atoms with Crippen LogP contribution in [0.5, 0.6) is 0 Å². The fourth-order valence-corrected chi connectivity index (χ4v) is 11.7. The molecule has 1 unspecified atom stereocenters. The maximum absolute atomic E-state index is 15.1. The van der Waals surface area contributed by atoms with Gasteiger partial charge in [0.25, 0.3) is 17.7 Å². The second kappa shape index (κ2) is 35.2. The molecule has 2 heterocycles. The predicted molar refractivity (Wildman–Crippen MR) is 355 cm³/mol. The number of benzene rings is 3. The lowest BCUT2D eigenvalue weighted by Crippen LogP contribution is -2.54. The van der Waals surface area contributed by atoms with Gasteiger partial charge < -0.3 is 67.5 Å². The number of rotatable bonds is 34. The fraction of sp³-hybridized carbons (Fsp3) is 0.639. The van der Waals surface area contributed by atoms with Crippen molar-refractivity contribution in [3.05, 3.63) is 95.6 Å². The third-order valence-electron chi connectivity index (χ3n) is 17.8. The minimum atomic E-state index is -1.53. The Balaban J connectivity index is 1.10. The van der Waals surface area contributed by atoms with Crippen molar-refractivity contribution in [1.82, 2.24) is 19.6 Å². The van der Waals surface area contributed by atoms with E-state index in [1.165, 1.54) is 54.6 Å². The maximum Gasteiger partial charge on any atom is 0.347 e. The topological polar surface area (TPSA) is 250 Å². The third-order valence-corrected chi connectivity index (χ3v) is 17.8. The molecule has 0 bridgehead atoms. The maximum atomic E-state index is 15.1. The van der Waals surface area contributed by atoms with Crippen molar-refractivity contribution in [3.8, 4) is 0 Å². The number of hydrogen-bond acceptors (Lipinski definition) is 20. The first-order valence-electron chi connectivity index (χ1n) is 33.8. The van der Waals surface area contributed by atoms with Gasteiger partial charge >= 0.3 is 29.8 Å². The second-order valence-electron chi connectivity index (χ2n) is 27.8. The average Bonchev–Trinajstić information content (AvgIpc) is 1.66. The van der Waals surface area contributed by atoms with Gasteiger partial charge in [-0.15, -0.1) is 0 Å². The highest BCUT2D eigenvalue weighted by Gasteiger charge is 2.44. The standard InChI is InChI=1S/C72H104N6O17/c1-46(2)39-57(74(11)65(81)62(44-53-25-29-56(30-26-53)78-33-37-89-38-34-78)94-70(86)60(42-51-21-22-51)76(13)71(87)95-72(7,8)9)67(83)91-48(5)63(79)73(10)59(41-50-19-20-50)69(85)93-61(43-52-23-27-55(28-24-52)77-31-35-88-36-32-77)64(80)75(12)58(40-47(3)4)68(84)92-49(6)66(82)90-45-54-17-15-14-16-18-54/h14-18,23-30,46-51,57-62,71,87H,19-22,31-45H2,1-13H3/t48-,49-,57+,58+,59+,60+,61-,62-,71?/m1/s1. The molecule has 4 fully saturated rings. The van der Waals surface area contributed by atoms with Gasteiger partial charge in [-0.2, -0.15) is 0 Å². The average molecular weight is 1330 g/mol. The van der Waals surface area contributed by atoms with Crippen LogP contribution in [-0.2, 0) is 95.7 Å². The van der Waals surface area contributed by atoms with E-state index in [1.54, 1.807) is 40.0 Å². The Morgan fingerprint density at radius 1 is 0.495 bits per heavy atom. The van der Waals surface area contributed by atoms with Crippen molar-refractivity contribution in [2.24, 2.45) is 23.7 Å². The van der Waals surface area contributed by atoms with Crippen LogP contribution in [0.1, 0.15) is 130 Å². The molecule has 3 aromatic rings. The molecule has 2 saturated heterocycles. The molecule has 524 valence electrons. The van der Waals surface area contributed by atoms with Gasteiger partial charge in [-0.05, 0) is 132 Å². The van der Waals surface area contributed by atoms with Gasteiger partial charge in [0.2, 0.25) is 6.41 Å². The molecule has 9 atom stereocenters. The molecule has 23 nitrogen and oxygen atoms in total. The number of anilines is 2. The van der Waals surface area contributed by atoms with Crippen molar-refractivity contribution in [2.45, 2.75) is 194 Å². The van der Waals surface area contributed by atoms with E-state index in [4.69, 9.17) is 37.9 Å². The van der Waals surface area contributed by atoms with Crippen molar-refractivity contribution < 1.29 is 81.4 Å². The van der Waals surface area contributed by atoms with Crippen molar-refractivity contribution in [2.75, 3.05) is 90.6 Å². The molecule has 2 saturated carbocycles. The minimum Gasteiger partial charge on any atom is -0.458 e. The van der Waals surface area contributed by atoms with Crippen LogP contribution < -0.4 is 9.80 Å². The molecule has 95 heavy (non-hydrogen) atoms. The highest BCUT2D eigenvalue weighted by atomic mass is 16.6. The van der Waals surface area contributed by atoms with Gasteiger partial charge in [0.15, 0.2) is 24.4 Å². The molecule has 0 spiro atoms. The molecule has 0 radical (unpaired) electrons. The number of aliphatic hydroxyl groups excluding tert-OH is 1. The van der Waals surface area contributed by atoms with E-state index in [-0.39, 0.29) is 62.4 Å². The molecule has 23 heteroatoms. The van der Waals surface area contributed by atoms with Gasteiger partial charge in [0.05, 0.1) is 32.0 Å². The van der Waals surface area contributed by atoms with Gasteiger partial charge in [0.1, 0.15) is 30.8 Å². The van der Waals surface area contributed by atoms with Crippen LogP contribution in [0, 0.1) is 23.7 Å². The molecular weight excluding hydrogens is 1220 g/mol. The number of morpholine rings is 2. The highest BCUT2D eigenvalue weighted by molar-refractivity contribution is 5.93. The van der Waals surface area contributed by atoms with Crippen LogP contribution in [-0.4, -0.2) is 214 Å². The lowest BCUT2D eigenvalue weighted by atomic mass is 10.0. The summed E-state index contributed by atoms with van der Waals surface area (Å²) < 4.78 is 46.6. The number of aliphatic hydroxyl groups is 1. The van der Waals surface area contributed by atoms with E-state index in [1.807, 2.05) is 94.4 Å². The number of esters is 5. The zero-order chi connectivity index (χ0) is 69.3. The largest absolute Gasteiger partial charge is 0.458 e. The number of carbonyl (C=O) groups excluding carboxylic acids is 8. The Morgan fingerprint density at radius 2 is 0.884 bits per heavy atom. The molecule has 2 aliphatic heterocycles. The molecular formula is C72H104N6O17. The van der Waals surface area contributed by atoms with Crippen LogP contribution in [0.3, 0.4) is 0 Å². The number of nitrogens with zero attached hydrogens (tertiary/aromatic N) is 6. The summed E-state index contributed by atoms with van der Waals surface area (Å²) >= 11 is 0. The summed E-state index contributed by atoms with van der Waals surface area (Å²) in [6.07, 6.45) is -3.43. The third kappa shape index (κ3) is 23.0. The van der Waals surface area contributed by atoms with Crippen molar-refractivity contribution in [3.63, 3.8) is 0 Å². The van der Waals surface area contributed by atoms with E-state index in [0.29, 0.717) is 70.2 Å². The molecule has 3 amide bonds. The number of hydrogen-bond donors (Lipinski definition) is 1. The predicted octanol–water partition coefficient (Wildman–Crippen LogP) is 7.14. The zero-order valence-electron chi connectivity index (χ0n) is 58.1. The summed E-state index contributed by atoms with van der Waals surface area (Å²) in [6.45, 7) is 20.7. The lowest BCUT2D eigenvalue weighted by Gasteiger charge is -2.35. The molecule has 0 aromatic heterocycles. The monoisotopic (exact) mass is 1320 g/mol. The molecule has 1 N–H and O–H groups in total. The summed E-state index contributed by atoms with van der Waals surface area (Å²) in [5, 5.41) is 11.2. The van der Waals surface area contributed by atoms with E-state index >= 15 is 9.59 Å². The van der Waals surface area contributed by atoms with Crippen LogP contribution in [0.2, 0.25) is 0 Å². The van der Waals surface area contributed by atoms with E-state index in [9.17, 15) is 33.9 Å². The summed E-state index contributed by atoms with van der Waals surface area (Å²) in [5.74, 6) is -6.52. The first kappa shape index (κ1) is 75.2. The quantitative estimate of drug-likeness (QED) is 0.0354. The minimum absolute atomic E-state index is 0.0305. The number of likely N-dealkylation sites (N-methyl/N-ethyl adjacent to an activating group) is 4. The molecule has 2 aliphatic carbocycles. The normalized spacial score (nSPS) is 18.1. The Labute approximate surface area is 561 Å².